The Kier molecular flexibility index (Phi) is 7.31. The number of nitrogens with one attached hydrogen (secondary N) is 1. The highest BCUT2D eigenvalue weighted by Gasteiger charge is 2.04. The van der Waals surface area contributed by atoms with Crippen LogP contribution in [-0.4, -0.2) is 30.8 Å². The molecule has 110 valence electrons. The van der Waals surface area contributed by atoms with Crippen molar-refractivity contribution in [2.24, 2.45) is 10.9 Å². The molecule has 6 heteroatoms. The summed E-state index contributed by atoms with van der Waals surface area (Å²) in [5.74, 6) is -0.536. The van der Waals surface area contributed by atoms with Crippen LogP contribution in [0.3, 0.4) is 0 Å². The lowest BCUT2D eigenvalue weighted by Crippen LogP contribution is -2.20. The Morgan fingerprint density at radius 1 is 1.45 bits per heavy atom. The third-order valence-corrected chi connectivity index (χ3v) is 2.58. The molecule has 0 saturated heterocycles. The first-order valence-corrected chi connectivity index (χ1v) is 6.34. The van der Waals surface area contributed by atoms with Crippen molar-refractivity contribution in [1.82, 2.24) is 5.32 Å². The van der Waals surface area contributed by atoms with Gasteiger partial charge in [0.25, 0.3) is 0 Å². The van der Waals surface area contributed by atoms with Crippen molar-refractivity contribution < 1.29 is 14.3 Å². The zero-order chi connectivity index (χ0) is 14.8. The quantitative estimate of drug-likeness (QED) is 0.160. The number of oxime groups is 1. The van der Waals surface area contributed by atoms with Gasteiger partial charge in [0.05, 0.1) is 13.2 Å². The zero-order valence-corrected chi connectivity index (χ0v) is 11.3. The molecule has 0 aliphatic rings. The molecule has 0 atom stereocenters. The number of benzene rings is 1. The summed E-state index contributed by atoms with van der Waals surface area (Å²) in [6.07, 6.45) is 2.63. The van der Waals surface area contributed by atoms with Gasteiger partial charge in [-0.25, -0.2) is 4.39 Å². The lowest BCUT2D eigenvalue weighted by molar-refractivity contribution is 0.140. The fourth-order valence-corrected chi connectivity index (χ4v) is 1.60. The van der Waals surface area contributed by atoms with Crippen molar-refractivity contribution in [1.29, 1.82) is 0 Å². The molecule has 0 heterocycles. The van der Waals surface area contributed by atoms with Gasteiger partial charge in [0.1, 0.15) is 5.82 Å². The van der Waals surface area contributed by atoms with Crippen molar-refractivity contribution >= 4 is 5.84 Å². The summed E-state index contributed by atoms with van der Waals surface area (Å²) in [6, 6.07) is 4.29. The van der Waals surface area contributed by atoms with E-state index in [9.17, 15) is 4.39 Å². The second-order valence-corrected chi connectivity index (χ2v) is 4.20. The molecular weight excluding hydrogens is 261 g/mol. The third kappa shape index (κ3) is 5.81. The number of hydrogen-bond donors (Lipinski definition) is 3. The van der Waals surface area contributed by atoms with E-state index in [1.807, 2.05) is 0 Å². The molecule has 0 aromatic heterocycles. The van der Waals surface area contributed by atoms with E-state index >= 15 is 0 Å². The molecule has 0 aliphatic heterocycles. The molecule has 0 aliphatic carbocycles. The summed E-state index contributed by atoms with van der Waals surface area (Å²) in [5, 5.41) is 14.6. The standard InChI is InChI=1S/C14H20FN3O2/c1-2-3-5-20-6-4-17-10-11-7-12(14(16)18-19)9-13(15)8-11/h2,7-9,17,19H,1,3-6,10H2,(H2,16,18). The minimum absolute atomic E-state index is 0.112. The molecule has 5 nitrogen and oxygen atoms in total. The summed E-state index contributed by atoms with van der Waals surface area (Å²) in [7, 11) is 0. The number of nitrogens with zero attached hydrogens (tertiary/aromatic N) is 1. The monoisotopic (exact) mass is 281 g/mol. The predicted octanol–water partition coefficient (Wildman–Crippen LogP) is 1.60. The fraction of sp³-hybridized carbons (Fsp3) is 0.357. The highest BCUT2D eigenvalue weighted by Crippen LogP contribution is 2.09. The highest BCUT2D eigenvalue weighted by atomic mass is 19.1. The second kappa shape index (κ2) is 9.06. The van der Waals surface area contributed by atoms with E-state index in [4.69, 9.17) is 15.7 Å². The maximum absolute atomic E-state index is 13.4. The minimum atomic E-state index is -0.423. The summed E-state index contributed by atoms with van der Waals surface area (Å²) in [5.41, 5.74) is 6.51. The van der Waals surface area contributed by atoms with Crippen molar-refractivity contribution in [3.8, 4) is 0 Å². The Morgan fingerprint density at radius 2 is 2.25 bits per heavy atom. The van der Waals surface area contributed by atoms with Gasteiger partial charge in [0, 0.05) is 18.7 Å². The van der Waals surface area contributed by atoms with Crippen LogP contribution in [-0.2, 0) is 11.3 Å². The van der Waals surface area contributed by atoms with Crippen LogP contribution in [0.5, 0.6) is 0 Å². The number of ether oxygens (including phenoxy) is 1. The molecule has 20 heavy (non-hydrogen) atoms. The number of rotatable bonds is 9. The summed E-state index contributed by atoms with van der Waals surface area (Å²) < 4.78 is 18.7. The summed E-state index contributed by atoms with van der Waals surface area (Å²) in [6.45, 7) is 5.97. The lowest BCUT2D eigenvalue weighted by atomic mass is 10.1. The largest absolute Gasteiger partial charge is 0.409 e. The first-order valence-electron chi connectivity index (χ1n) is 6.34. The molecule has 1 rings (SSSR count). The van der Waals surface area contributed by atoms with Crippen molar-refractivity contribution in [3.63, 3.8) is 0 Å². The average Bonchev–Trinajstić information content (AvgIpc) is 2.45. The first-order chi connectivity index (χ1) is 9.67. The molecule has 0 radical (unpaired) electrons. The van der Waals surface area contributed by atoms with Gasteiger partial charge in [-0.15, -0.1) is 6.58 Å². The van der Waals surface area contributed by atoms with Gasteiger partial charge in [-0.2, -0.15) is 0 Å². The van der Waals surface area contributed by atoms with Crippen molar-refractivity contribution in [2.75, 3.05) is 19.8 Å². The van der Waals surface area contributed by atoms with E-state index in [-0.39, 0.29) is 5.84 Å². The van der Waals surface area contributed by atoms with E-state index in [0.717, 1.165) is 12.0 Å². The van der Waals surface area contributed by atoms with Crippen LogP contribution in [0.1, 0.15) is 17.5 Å². The van der Waals surface area contributed by atoms with E-state index in [1.165, 1.54) is 12.1 Å². The number of halogens is 1. The average molecular weight is 281 g/mol. The maximum Gasteiger partial charge on any atom is 0.170 e. The summed E-state index contributed by atoms with van der Waals surface area (Å²) in [4.78, 5) is 0. The molecule has 0 bridgehead atoms. The normalized spacial score (nSPS) is 11.6. The molecular formula is C14H20FN3O2. The van der Waals surface area contributed by atoms with Crippen LogP contribution in [0.2, 0.25) is 0 Å². The number of nitrogens with two attached hydrogens (primary N) is 1. The Balaban J connectivity index is 2.40. The van der Waals surface area contributed by atoms with Crippen LogP contribution in [0.4, 0.5) is 4.39 Å². The van der Waals surface area contributed by atoms with E-state index in [2.05, 4.69) is 17.1 Å². The topological polar surface area (TPSA) is 79.9 Å². The molecule has 1 aromatic carbocycles. The van der Waals surface area contributed by atoms with Gasteiger partial charge in [0.2, 0.25) is 0 Å². The van der Waals surface area contributed by atoms with Crippen LogP contribution < -0.4 is 11.1 Å². The van der Waals surface area contributed by atoms with Gasteiger partial charge in [-0.1, -0.05) is 11.2 Å². The maximum atomic E-state index is 13.4. The molecule has 0 spiro atoms. The van der Waals surface area contributed by atoms with Crippen LogP contribution in [0, 0.1) is 5.82 Å². The Labute approximate surface area is 117 Å². The van der Waals surface area contributed by atoms with Crippen LogP contribution >= 0.6 is 0 Å². The smallest absolute Gasteiger partial charge is 0.170 e. The van der Waals surface area contributed by atoms with Gasteiger partial charge < -0.3 is 21.0 Å². The van der Waals surface area contributed by atoms with Gasteiger partial charge >= 0.3 is 0 Å². The number of amidine groups is 1. The molecule has 4 N–H and O–H groups in total. The second-order valence-electron chi connectivity index (χ2n) is 4.20. The lowest BCUT2D eigenvalue weighted by Gasteiger charge is -2.07. The number of hydrogen-bond acceptors (Lipinski definition) is 4. The van der Waals surface area contributed by atoms with Crippen molar-refractivity contribution in [3.05, 3.63) is 47.8 Å². The Hall–Kier alpha value is -1.92. The molecule has 0 unspecified atom stereocenters. The van der Waals surface area contributed by atoms with E-state index in [1.54, 1.807) is 12.1 Å². The molecule has 1 aromatic rings. The molecule has 0 fully saturated rings. The van der Waals surface area contributed by atoms with Crippen molar-refractivity contribution in [2.45, 2.75) is 13.0 Å². The van der Waals surface area contributed by atoms with Gasteiger partial charge in [-0.05, 0) is 30.2 Å². The third-order valence-electron chi connectivity index (χ3n) is 2.58. The summed E-state index contributed by atoms with van der Waals surface area (Å²) >= 11 is 0. The zero-order valence-electron chi connectivity index (χ0n) is 11.3. The molecule has 0 amide bonds. The fourth-order valence-electron chi connectivity index (χ4n) is 1.60. The predicted molar refractivity (Wildman–Crippen MR) is 76.3 cm³/mol. The minimum Gasteiger partial charge on any atom is -0.409 e. The molecule has 0 saturated carbocycles. The highest BCUT2D eigenvalue weighted by molar-refractivity contribution is 5.97. The first kappa shape index (κ1) is 16.1. The van der Waals surface area contributed by atoms with E-state index in [0.29, 0.717) is 31.9 Å². The van der Waals surface area contributed by atoms with Gasteiger partial charge in [-0.3, -0.25) is 0 Å². The van der Waals surface area contributed by atoms with Crippen LogP contribution in [0.25, 0.3) is 0 Å². The van der Waals surface area contributed by atoms with E-state index < -0.39 is 5.82 Å². The Bertz CT molecular complexity index is 464. The Morgan fingerprint density at radius 3 is 2.95 bits per heavy atom. The van der Waals surface area contributed by atoms with Gasteiger partial charge in [0.15, 0.2) is 5.84 Å². The van der Waals surface area contributed by atoms with Crippen LogP contribution in [0.15, 0.2) is 36.0 Å². The SMILES string of the molecule is C=CCCOCCNCc1cc(F)cc(/C(N)=N\O)c1.